The molecule has 2 aliphatic rings. The number of allylic oxidation sites excluding steroid dienone is 2. The number of fused-ring (bicyclic) bond motifs is 1. The first-order valence-corrected chi connectivity index (χ1v) is 6.06. The van der Waals surface area contributed by atoms with Crippen molar-refractivity contribution in [2.45, 2.75) is 13.2 Å². The second kappa shape index (κ2) is 4.96. The molecular formula is C10H10IN3O3. The van der Waals surface area contributed by atoms with Crippen molar-refractivity contribution < 1.29 is 14.6 Å². The fourth-order valence-electron chi connectivity index (χ4n) is 1.40. The molecule has 0 saturated heterocycles. The van der Waals surface area contributed by atoms with Gasteiger partial charge in [0.15, 0.2) is 17.8 Å². The highest BCUT2D eigenvalue weighted by atomic mass is 127. The minimum atomic E-state index is -1.16. The lowest BCUT2D eigenvalue weighted by Crippen LogP contribution is -2.47. The Morgan fingerprint density at radius 3 is 3.06 bits per heavy atom. The van der Waals surface area contributed by atoms with E-state index >= 15 is 0 Å². The molecular weight excluding hydrogens is 337 g/mol. The van der Waals surface area contributed by atoms with Crippen LogP contribution in [0.25, 0.3) is 0 Å². The summed E-state index contributed by atoms with van der Waals surface area (Å²) in [5.41, 5.74) is -0.105. The molecule has 2 aliphatic heterocycles. The number of esters is 1. The predicted molar refractivity (Wildman–Crippen MR) is 70.6 cm³/mol. The average Bonchev–Trinajstić information content (AvgIpc) is 2.30. The van der Waals surface area contributed by atoms with E-state index in [0.717, 1.165) is 3.58 Å². The fraction of sp³-hybridized carbons (Fsp3) is 0.300. The van der Waals surface area contributed by atoms with Crippen LogP contribution in [0.5, 0.6) is 0 Å². The maximum Gasteiger partial charge on any atom is 0.359 e. The number of ether oxygens (including phenoxy) is 1. The van der Waals surface area contributed by atoms with Crippen molar-refractivity contribution in [3.8, 4) is 0 Å². The highest BCUT2D eigenvalue weighted by Crippen LogP contribution is 2.20. The van der Waals surface area contributed by atoms with Crippen LogP contribution in [0.4, 0.5) is 0 Å². The SMILES string of the molecule is CCOC(=O)C1=NN=C2C=CC(I)=CN2[C@@H]1O. The number of amidine groups is 1. The number of hydrogen-bond acceptors (Lipinski definition) is 6. The van der Waals surface area contributed by atoms with Gasteiger partial charge in [0.25, 0.3) is 0 Å². The molecule has 0 fully saturated rings. The fourth-order valence-corrected chi connectivity index (χ4v) is 1.88. The van der Waals surface area contributed by atoms with E-state index in [0.29, 0.717) is 5.84 Å². The Kier molecular flexibility index (Phi) is 3.57. The van der Waals surface area contributed by atoms with Gasteiger partial charge in [-0.15, -0.1) is 10.2 Å². The topological polar surface area (TPSA) is 74.5 Å². The molecule has 0 aromatic carbocycles. The molecule has 0 spiro atoms. The number of carbonyl (C=O) groups is 1. The molecule has 1 atom stereocenters. The van der Waals surface area contributed by atoms with Crippen LogP contribution in [0.1, 0.15) is 6.92 Å². The zero-order valence-electron chi connectivity index (χ0n) is 9.00. The third-order valence-electron chi connectivity index (χ3n) is 2.17. The summed E-state index contributed by atoms with van der Waals surface area (Å²) in [6.07, 6.45) is 4.10. The van der Waals surface area contributed by atoms with Crippen LogP contribution in [0.15, 0.2) is 32.1 Å². The Balaban J connectivity index is 2.28. The summed E-state index contributed by atoms with van der Waals surface area (Å²) in [5, 5.41) is 17.6. The van der Waals surface area contributed by atoms with Crippen LogP contribution in [0, 0.1) is 0 Å². The van der Waals surface area contributed by atoms with Gasteiger partial charge < -0.3 is 9.84 Å². The molecule has 1 N–H and O–H groups in total. The summed E-state index contributed by atoms with van der Waals surface area (Å²) in [4.78, 5) is 13.0. The van der Waals surface area contributed by atoms with Crippen molar-refractivity contribution in [2.75, 3.05) is 6.61 Å². The highest BCUT2D eigenvalue weighted by Gasteiger charge is 2.32. The molecule has 17 heavy (non-hydrogen) atoms. The number of halogens is 1. The zero-order chi connectivity index (χ0) is 12.4. The van der Waals surface area contributed by atoms with E-state index in [1.54, 1.807) is 19.2 Å². The van der Waals surface area contributed by atoms with Crippen LogP contribution in [0.2, 0.25) is 0 Å². The highest BCUT2D eigenvalue weighted by molar-refractivity contribution is 14.1. The Hall–Kier alpha value is -1.22. The molecule has 0 aliphatic carbocycles. The Bertz CT molecular complexity index is 467. The smallest absolute Gasteiger partial charge is 0.359 e. The van der Waals surface area contributed by atoms with E-state index < -0.39 is 12.2 Å². The number of aliphatic hydroxyl groups excluding tert-OH is 1. The first-order chi connectivity index (χ1) is 8.13. The van der Waals surface area contributed by atoms with Gasteiger partial charge in [0.2, 0.25) is 0 Å². The molecule has 0 saturated carbocycles. The summed E-state index contributed by atoms with van der Waals surface area (Å²) in [6, 6.07) is 0. The van der Waals surface area contributed by atoms with Gasteiger partial charge in [-0.05, 0) is 41.7 Å². The van der Waals surface area contributed by atoms with E-state index in [4.69, 9.17) is 4.74 Å². The summed E-state index contributed by atoms with van der Waals surface area (Å²) >= 11 is 2.11. The van der Waals surface area contributed by atoms with Gasteiger partial charge in [-0.3, -0.25) is 4.90 Å². The van der Waals surface area contributed by atoms with E-state index in [1.807, 2.05) is 6.08 Å². The summed E-state index contributed by atoms with van der Waals surface area (Å²) in [5.74, 6) is -0.160. The third kappa shape index (κ3) is 2.39. The summed E-state index contributed by atoms with van der Waals surface area (Å²) < 4.78 is 5.71. The van der Waals surface area contributed by atoms with Crippen LogP contribution in [-0.2, 0) is 9.53 Å². The standard InChI is InChI=1S/C10H10IN3O3/c1-2-17-10(16)8-9(15)14-5-6(11)3-4-7(14)12-13-8/h3-5,9,15H,2H2,1H3/t9-/m1/s1. The molecule has 2 rings (SSSR count). The van der Waals surface area contributed by atoms with Crippen molar-refractivity contribution in [1.82, 2.24) is 4.90 Å². The number of rotatable bonds is 2. The Morgan fingerprint density at radius 1 is 1.59 bits per heavy atom. The molecule has 0 bridgehead atoms. The van der Waals surface area contributed by atoms with Crippen molar-refractivity contribution >= 4 is 40.1 Å². The number of nitrogens with zero attached hydrogens (tertiary/aromatic N) is 3. The van der Waals surface area contributed by atoms with Gasteiger partial charge in [-0.25, -0.2) is 4.79 Å². The predicted octanol–water partition coefficient (Wildman–Crippen LogP) is 0.784. The largest absolute Gasteiger partial charge is 0.461 e. The maximum absolute atomic E-state index is 11.5. The molecule has 2 heterocycles. The molecule has 6 nitrogen and oxygen atoms in total. The summed E-state index contributed by atoms with van der Waals surface area (Å²) in [6.45, 7) is 1.92. The lowest BCUT2D eigenvalue weighted by Gasteiger charge is -2.30. The normalized spacial score (nSPS) is 22.4. The van der Waals surface area contributed by atoms with E-state index in [2.05, 4.69) is 32.8 Å². The quantitative estimate of drug-likeness (QED) is 0.592. The molecule has 0 radical (unpaired) electrons. The first kappa shape index (κ1) is 12.2. The lowest BCUT2D eigenvalue weighted by atomic mass is 10.2. The molecule has 90 valence electrons. The zero-order valence-corrected chi connectivity index (χ0v) is 11.2. The Labute approximate surface area is 111 Å². The van der Waals surface area contributed by atoms with Gasteiger partial charge >= 0.3 is 5.97 Å². The molecule has 0 unspecified atom stereocenters. The van der Waals surface area contributed by atoms with Crippen molar-refractivity contribution in [3.05, 3.63) is 21.9 Å². The molecule has 0 aromatic heterocycles. The van der Waals surface area contributed by atoms with E-state index in [9.17, 15) is 9.90 Å². The third-order valence-corrected chi connectivity index (χ3v) is 2.81. The summed E-state index contributed by atoms with van der Waals surface area (Å²) in [7, 11) is 0. The lowest BCUT2D eigenvalue weighted by molar-refractivity contribution is -0.135. The van der Waals surface area contributed by atoms with Crippen LogP contribution >= 0.6 is 22.6 Å². The second-order valence-electron chi connectivity index (χ2n) is 3.29. The van der Waals surface area contributed by atoms with Gasteiger partial charge in [0.1, 0.15) is 0 Å². The minimum absolute atomic E-state index is 0.105. The van der Waals surface area contributed by atoms with Gasteiger partial charge in [-0.2, -0.15) is 0 Å². The molecule has 7 heteroatoms. The van der Waals surface area contributed by atoms with E-state index in [-0.39, 0.29) is 12.3 Å². The van der Waals surface area contributed by atoms with Gasteiger partial charge in [0, 0.05) is 9.78 Å². The number of carbonyl (C=O) groups excluding carboxylic acids is 1. The second-order valence-corrected chi connectivity index (χ2v) is 4.54. The number of hydrogen-bond donors (Lipinski definition) is 1. The van der Waals surface area contributed by atoms with Crippen LogP contribution in [0.3, 0.4) is 0 Å². The number of aliphatic hydroxyl groups is 1. The molecule has 0 aromatic rings. The van der Waals surface area contributed by atoms with Crippen LogP contribution in [-0.4, -0.2) is 40.4 Å². The maximum atomic E-state index is 11.5. The van der Waals surface area contributed by atoms with Crippen molar-refractivity contribution in [2.24, 2.45) is 10.2 Å². The minimum Gasteiger partial charge on any atom is -0.461 e. The van der Waals surface area contributed by atoms with Crippen molar-refractivity contribution in [1.29, 1.82) is 0 Å². The monoisotopic (exact) mass is 347 g/mol. The first-order valence-electron chi connectivity index (χ1n) is 4.98. The van der Waals surface area contributed by atoms with E-state index in [1.165, 1.54) is 4.90 Å². The molecule has 0 amide bonds. The van der Waals surface area contributed by atoms with Gasteiger partial charge in [-0.1, -0.05) is 0 Å². The average molecular weight is 347 g/mol. The Morgan fingerprint density at radius 2 is 2.35 bits per heavy atom. The van der Waals surface area contributed by atoms with Gasteiger partial charge in [0.05, 0.1) is 6.61 Å². The van der Waals surface area contributed by atoms with Crippen molar-refractivity contribution in [3.63, 3.8) is 0 Å². The van der Waals surface area contributed by atoms with Crippen LogP contribution < -0.4 is 0 Å².